The molecule has 0 aliphatic carbocycles. The molecule has 3 heteroatoms. The molecule has 0 aliphatic heterocycles. The highest BCUT2D eigenvalue weighted by Crippen LogP contribution is 1.89. The number of hydrogen-bond acceptors (Lipinski definition) is 2. The van der Waals surface area contributed by atoms with Gasteiger partial charge >= 0.3 is 0 Å². The summed E-state index contributed by atoms with van der Waals surface area (Å²) < 4.78 is 0. The highest BCUT2D eigenvalue weighted by Gasteiger charge is 2.03. The highest BCUT2D eigenvalue weighted by atomic mass is 16.5. The average Bonchev–Trinajstić information content (AvgIpc) is 1.63. The van der Waals surface area contributed by atoms with Crippen molar-refractivity contribution in [3.8, 4) is 0 Å². The fraction of sp³-hybridized carbons (Fsp3) is 0.500. The first kappa shape index (κ1) is 8.33. The lowest BCUT2D eigenvalue weighted by atomic mass is 10.2. The fourth-order valence-electron chi connectivity index (χ4n) is 0.426. The van der Waals surface area contributed by atoms with E-state index in [-0.39, 0.29) is 12.2 Å². The number of carbonyl (C=O) groups is 1. The van der Waals surface area contributed by atoms with E-state index < -0.39 is 6.29 Å². The van der Waals surface area contributed by atoms with Crippen LogP contribution in [0.25, 0.3) is 0 Å². The number of aliphatic hydroxyl groups is 1. The summed E-state index contributed by atoms with van der Waals surface area (Å²) in [6.07, 6.45) is 0.699. The van der Waals surface area contributed by atoms with Crippen molar-refractivity contribution in [3.05, 3.63) is 12.2 Å². The molecule has 0 saturated heterocycles. The van der Waals surface area contributed by atoms with Gasteiger partial charge in [0.15, 0.2) is 12.1 Å². The summed E-state index contributed by atoms with van der Waals surface area (Å²) in [5, 5.41) is 18.1. The predicted molar refractivity (Wildman–Crippen MR) is 31.1 cm³/mol. The van der Waals surface area contributed by atoms with Gasteiger partial charge in [-0.1, -0.05) is 6.08 Å². The molecule has 0 bridgehead atoms. The van der Waals surface area contributed by atoms with E-state index in [0.717, 1.165) is 0 Å². The first-order valence-electron chi connectivity index (χ1n) is 2.66. The average molecular weight is 129 g/mol. The van der Waals surface area contributed by atoms with E-state index in [9.17, 15) is 9.90 Å². The Hall–Kier alpha value is -0.670. The van der Waals surface area contributed by atoms with Crippen LogP contribution in [-0.4, -0.2) is 17.2 Å². The number of aliphatic hydroxyl groups excluding tert-OH is 1. The van der Waals surface area contributed by atoms with Gasteiger partial charge in [-0.25, -0.2) is 5.11 Å². The second-order valence-corrected chi connectivity index (χ2v) is 1.63. The molecular formula is C6H9O3. The molecule has 51 valence electrons. The van der Waals surface area contributed by atoms with E-state index in [1.807, 2.05) is 0 Å². The van der Waals surface area contributed by atoms with Gasteiger partial charge in [0.05, 0.1) is 6.42 Å². The third-order valence-electron chi connectivity index (χ3n) is 0.728. The summed E-state index contributed by atoms with van der Waals surface area (Å²) in [7, 11) is 0. The zero-order valence-electron chi connectivity index (χ0n) is 5.20. The van der Waals surface area contributed by atoms with Gasteiger partial charge in [-0.2, -0.15) is 0 Å². The van der Waals surface area contributed by atoms with Gasteiger partial charge in [-0.05, 0) is 13.0 Å². The predicted octanol–water partition coefficient (Wildman–Crippen LogP) is 0.271. The van der Waals surface area contributed by atoms with Crippen LogP contribution >= 0.6 is 0 Å². The molecule has 1 atom stereocenters. The van der Waals surface area contributed by atoms with Crippen molar-refractivity contribution >= 4 is 5.78 Å². The van der Waals surface area contributed by atoms with Crippen LogP contribution in [0, 0.1) is 0 Å². The Labute approximate surface area is 53.6 Å². The molecule has 0 aromatic heterocycles. The molecule has 0 aliphatic rings. The topological polar surface area (TPSA) is 57.2 Å². The minimum absolute atomic E-state index is 0.329. The van der Waals surface area contributed by atoms with Crippen molar-refractivity contribution in [3.63, 3.8) is 0 Å². The zero-order chi connectivity index (χ0) is 7.28. The van der Waals surface area contributed by atoms with Crippen LogP contribution in [0.15, 0.2) is 12.2 Å². The van der Waals surface area contributed by atoms with E-state index in [1.54, 1.807) is 6.92 Å². The largest absolute Gasteiger partial charge is 0.365 e. The van der Waals surface area contributed by atoms with Crippen LogP contribution in [0.4, 0.5) is 0 Å². The molecule has 1 unspecified atom stereocenters. The van der Waals surface area contributed by atoms with Crippen LogP contribution in [-0.2, 0) is 9.90 Å². The number of rotatable bonds is 3. The van der Waals surface area contributed by atoms with Crippen LogP contribution in [0.1, 0.15) is 13.3 Å². The third-order valence-corrected chi connectivity index (χ3v) is 0.728. The van der Waals surface area contributed by atoms with Gasteiger partial charge in [-0.3, -0.25) is 4.79 Å². The van der Waals surface area contributed by atoms with Gasteiger partial charge in [-0.15, -0.1) is 0 Å². The molecule has 0 spiro atoms. The smallest absolute Gasteiger partial charge is 0.196 e. The maximum atomic E-state index is 10.4. The first-order valence-corrected chi connectivity index (χ1v) is 2.66. The minimum atomic E-state index is -1.77. The van der Waals surface area contributed by atoms with Gasteiger partial charge in [0.2, 0.25) is 0 Å². The van der Waals surface area contributed by atoms with E-state index in [2.05, 4.69) is 0 Å². The van der Waals surface area contributed by atoms with Gasteiger partial charge in [0.25, 0.3) is 0 Å². The number of hydrogen-bond donors (Lipinski definition) is 1. The Balaban J connectivity index is 3.51. The summed E-state index contributed by atoms with van der Waals surface area (Å²) in [5.74, 6) is -0.333. The van der Waals surface area contributed by atoms with Crippen molar-refractivity contribution in [2.24, 2.45) is 0 Å². The Morgan fingerprint density at radius 3 is 2.67 bits per heavy atom. The molecule has 0 rings (SSSR count). The maximum Gasteiger partial charge on any atom is 0.196 e. The van der Waals surface area contributed by atoms with Crippen LogP contribution in [0.5, 0.6) is 0 Å². The molecule has 3 nitrogen and oxygen atoms in total. The lowest BCUT2D eigenvalue weighted by Crippen LogP contribution is -2.08. The first-order chi connectivity index (χ1) is 4.16. The second-order valence-electron chi connectivity index (χ2n) is 1.63. The molecule has 0 saturated carbocycles. The molecule has 0 aromatic carbocycles. The minimum Gasteiger partial charge on any atom is -0.365 e. The number of allylic oxidation sites excluding steroid dienone is 2. The lowest BCUT2D eigenvalue weighted by molar-refractivity contribution is -0.130. The Bertz CT molecular complexity index is 115. The summed E-state index contributed by atoms with van der Waals surface area (Å²) in [4.78, 5) is 10.4. The Kier molecular flexibility index (Phi) is 3.92. The molecule has 0 amide bonds. The second kappa shape index (κ2) is 4.23. The standard InChI is InChI=1S/C6H9O3/c1-2-3-5(7)4-6(8)9/h2-3,6,8H,4H2,1H3. The van der Waals surface area contributed by atoms with E-state index >= 15 is 0 Å². The third kappa shape index (κ3) is 5.20. The van der Waals surface area contributed by atoms with Crippen molar-refractivity contribution in [1.29, 1.82) is 0 Å². The lowest BCUT2D eigenvalue weighted by Gasteiger charge is -1.93. The molecule has 9 heavy (non-hydrogen) atoms. The van der Waals surface area contributed by atoms with Gasteiger partial charge < -0.3 is 5.11 Å². The number of ketones is 1. The fourth-order valence-corrected chi connectivity index (χ4v) is 0.426. The van der Waals surface area contributed by atoms with E-state index in [0.29, 0.717) is 0 Å². The highest BCUT2D eigenvalue weighted by molar-refractivity contribution is 5.89. The molecule has 0 fully saturated rings. The summed E-state index contributed by atoms with van der Waals surface area (Å²) in [6, 6.07) is 0. The van der Waals surface area contributed by atoms with Gasteiger partial charge in [0, 0.05) is 0 Å². The van der Waals surface area contributed by atoms with Crippen molar-refractivity contribution in [2.45, 2.75) is 19.6 Å². The van der Waals surface area contributed by atoms with E-state index in [4.69, 9.17) is 5.11 Å². The van der Waals surface area contributed by atoms with Crippen LogP contribution in [0.3, 0.4) is 0 Å². The van der Waals surface area contributed by atoms with E-state index in [1.165, 1.54) is 12.2 Å². The summed E-state index contributed by atoms with van der Waals surface area (Å²) >= 11 is 0. The molecule has 0 heterocycles. The van der Waals surface area contributed by atoms with Crippen molar-refractivity contribution in [1.82, 2.24) is 0 Å². The molecule has 1 N–H and O–H groups in total. The van der Waals surface area contributed by atoms with Crippen LogP contribution in [0.2, 0.25) is 0 Å². The van der Waals surface area contributed by atoms with Crippen LogP contribution < -0.4 is 0 Å². The Morgan fingerprint density at radius 2 is 2.33 bits per heavy atom. The summed E-state index contributed by atoms with van der Waals surface area (Å²) in [5.41, 5.74) is 0. The SMILES string of the molecule is CC=CC(=O)CC([O])O. The zero-order valence-corrected chi connectivity index (χ0v) is 5.20. The van der Waals surface area contributed by atoms with Crippen molar-refractivity contribution in [2.75, 3.05) is 0 Å². The monoisotopic (exact) mass is 129 g/mol. The normalized spacial score (nSPS) is 11.1. The summed E-state index contributed by atoms with van der Waals surface area (Å²) in [6.45, 7) is 1.68. The number of carbonyl (C=O) groups excluding carboxylic acids is 1. The maximum absolute atomic E-state index is 10.4. The quantitative estimate of drug-likeness (QED) is 0.439. The Morgan fingerprint density at radius 1 is 1.78 bits per heavy atom. The molecular weight excluding hydrogens is 120 g/mol. The van der Waals surface area contributed by atoms with Crippen molar-refractivity contribution < 1.29 is 15.0 Å². The van der Waals surface area contributed by atoms with Gasteiger partial charge in [0.1, 0.15) is 0 Å². The molecule has 0 aromatic rings. The molecule has 1 radical (unpaired) electrons.